The first-order valence-corrected chi connectivity index (χ1v) is 8.21. The van der Waals surface area contributed by atoms with Crippen LogP contribution in [0.5, 0.6) is 0 Å². The molecule has 124 valence electrons. The van der Waals surface area contributed by atoms with Gasteiger partial charge in [-0.3, -0.25) is 14.2 Å². The van der Waals surface area contributed by atoms with Gasteiger partial charge in [-0.05, 0) is 31.5 Å². The number of nitrogens with zero attached hydrogens (tertiary/aromatic N) is 2. The van der Waals surface area contributed by atoms with Crippen LogP contribution in [0.3, 0.4) is 0 Å². The molecule has 1 amide bonds. The molecule has 0 fully saturated rings. The number of benzene rings is 1. The van der Waals surface area contributed by atoms with Gasteiger partial charge >= 0.3 is 0 Å². The first kappa shape index (κ1) is 16.3. The molecule has 0 aliphatic rings. The zero-order chi connectivity index (χ0) is 17.4. The van der Waals surface area contributed by atoms with E-state index in [1.807, 2.05) is 6.92 Å². The largest absolute Gasteiger partial charge is 0.358 e. The van der Waals surface area contributed by atoms with E-state index in [1.165, 1.54) is 35.1 Å². The van der Waals surface area contributed by atoms with E-state index in [9.17, 15) is 14.0 Å². The summed E-state index contributed by atoms with van der Waals surface area (Å²) in [5, 5.41) is 2.98. The lowest BCUT2D eigenvalue weighted by Crippen LogP contribution is -2.32. The first-order valence-electron chi connectivity index (χ1n) is 7.39. The highest BCUT2D eigenvalue weighted by molar-refractivity contribution is 7.19. The molecule has 24 heavy (non-hydrogen) atoms. The summed E-state index contributed by atoms with van der Waals surface area (Å²) in [6.45, 7) is 3.53. The van der Waals surface area contributed by atoms with Gasteiger partial charge in [0.05, 0.1) is 5.39 Å². The molecule has 0 bridgehead atoms. The van der Waals surface area contributed by atoms with Crippen molar-refractivity contribution < 1.29 is 9.18 Å². The SMILES string of the molecule is CNC(=O)Cn1c(C)nc2sc(C)c(-c3ccc(F)cc3)c2c1=O. The fourth-order valence-electron chi connectivity index (χ4n) is 2.67. The maximum atomic E-state index is 13.2. The molecule has 0 atom stereocenters. The number of aromatic nitrogens is 2. The summed E-state index contributed by atoms with van der Waals surface area (Å²) in [6.07, 6.45) is 0. The van der Waals surface area contributed by atoms with Crippen molar-refractivity contribution in [2.75, 3.05) is 7.05 Å². The van der Waals surface area contributed by atoms with Gasteiger partial charge in [0.15, 0.2) is 0 Å². The van der Waals surface area contributed by atoms with E-state index in [1.54, 1.807) is 19.1 Å². The predicted octanol–water partition coefficient (Wildman–Crippen LogP) is 2.63. The van der Waals surface area contributed by atoms with Gasteiger partial charge in [0.2, 0.25) is 5.91 Å². The topological polar surface area (TPSA) is 64.0 Å². The Balaban J connectivity index is 2.29. The fourth-order valence-corrected chi connectivity index (χ4v) is 3.75. The van der Waals surface area contributed by atoms with Crippen molar-refractivity contribution in [3.8, 4) is 11.1 Å². The van der Waals surface area contributed by atoms with Crippen molar-refractivity contribution >= 4 is 27.5 Å². The van der Waals surface area contributed by atoms with Gasteiger partial charge in [-0.25, -0.2) is 9.37 Å². The molecule has 2 aromatic heterocycles. The van der Waals surface area contributed by atoms with Crippen LogP contribution in [0.1, 0.15) is 10.7 Å². The van der Waals surface area contributed by atoms with E-state index >= 15 is 0 Å². The molecule has 5 nitrogen and oxygen atoms in total. The second-order valence-electron chi connectivity index (χ2n) is 5.44. The monoisotopic (exact) mass is 345 g/mol. The van der Waals surface area contributed by atoms with E-state index < -0.39 is 0 Å². The number of thiophene rings is 1. The number of amides is 1. The number of rotatable bonds is 3. The summed E-state index contributed by atoms with van der Waals surface area (Å²) < 4.78 is 14.6. The molecule has 0 aliphatic carbocycles. The minimum Gasteiger partial charge on any atom is -0.358 e. The number of fused-ring (bicyclic) bond motifs is 1. The Morgan fingerprint density at radius 2 is 1.96 bits per heavy atom. The van der Waals surface area contributed by atoms with Gasteiger partial charge in [-0.1, -0.05) is 12.1 Å². The fraction of sp³-hybridized carbons (Fsp3) is 0.235. The Morgan fingerprint density at radius 1 is 1.29 bits per heavy atom. The van der Waals surface area contributed by atoms with Crippen LogP contribution in [0.4, 0.5) is 4.39 Å². The first-order chi connectivity index (χ1) is 11.4. The average Bonchev–Trinajstić information content (AvgIpc) is 2.88. The van der Waals surface area contributed by atoms with Crippen LogP contribution in [0.15, 0.2) is 29.1 Å². The minimum atomic E-state index is -0.332. The maximum Gasteiger partial charge on any atom is 0.263 e. The average molecular weight is 345 g/mol. The van der Waals surface area contributed by atoms with Crippen molar-refractivity contribution in [1.29, 1.82) is 0 Å². The lowest BCUT2D eigenvalue weighted by Gasteiger charge is -2.09. The third-order valence-electron chi connectivity index (χ3n) is 3.89. The van der Waals surface area contributed by atoms with Crippen LogP contribution in [-0.4, -0.2) is 22.5 Å². The van der Waals surface area contributed by atoms with E-state index in [2.05, 4.69) is 10.3 Å². The van der Waals surface area contributed by atoms with Crippen LogP contribution < -0.4 is 10.9 Å². The van der Waals surface area contributed by atoms with Crippen LogP contribution in [0.25, 0.3) is 21.3 Å². The van der Waals surface area contributed by atoms with Gasteiger partial charge in [0.1, 0.15) is 23.0 Å². The van der Waals surface area contributed by atoms with Gasteiger partial charge in [0.25, 0.3) is 5.56 Å². The number of aryl methyl sites for hydroxylation is 2. The predicted molar refractivity (Wildman–Crippen MR) is 92.8 cm³/mol. The molecular formula is C17H16FN3O2S. The maximum absolute atomic E-state index is 13.2. The molecule has 0 saturated carbocycles. The van der Waals surface area contributed by atoms with Crippen molar-refractivity contribution in [3.05, 3.63) is 51.1 Å². The standard InChI is InChI=1S/C17H16FN3O2S/c1-9-14(11-4-6-12(18)7-5-11)15-16(24-9)20-10(2)21(17(15)23)8-13(22)19-3/h4-7H,8H2,1-3H3,(H,19,22). The Morgan fingerprint density at radius 3 is 2.58 bits per heavy atom. The Bertz CT molecular complexity index is 990. The highest BCUT2D eigenvalue weighted by Crippen LogP contribution is 2.35. The molecule has 0 radical (unpaired) electrons. The van der Waals surface area contributed by atoms with Crippen LogP contribution in [-0.2, 0) is 11.3 Å². The smallest absolute Gasteiger partial charge is 0.263 e. The van der Waals surface area contributed by atoms with E-state index in [4.69, 9.17) is 0 Å². The van der Waals surface area contributed by atoms with Gasteiger partial charge in [-0.2, -0.15) is 0 Å². The zero-order valence-electron chi connectivity index (χ0n) is 13.5. The lowest BCUT2D eigenvalue weighted by atomic mass is 10.0. The Hall–Kier alpha value is -2.54. The molecule has 3 aromatic rings. The van der Waals surface area contributed by atoms with E-state index in [-0.39, 0.29) is 23.8 Å². The van der Waals surface area contributed by atoms with Gasteiger partial charge in [0, 0.05) is 17.5 Å². The number of hydrogen-bond acceptors (Lipinski definition) is 4. The molecule has 0 saturated heterocycles. The molecule has 1 N–H and O–H groups in total. The normalized spacial score (nSPS) is 11.0. The third-order valence-corrected chi connectivity index (χ3v) is 4.89. The van der Waals surface area contributed by atoms with Crippen molar-refractivity contribution in [2.24, 2.45) is 0 Å². The molecule has 0 spiro atoms. The van der Waals surface area contributed by atoms with E-state index in [0.29, 0.717) is 16.0 Å². The highest BCUT2D eigenvalue weighted by Gasteiger charge is 2.19. The summed E-state index contributed by atoms with van der Waals surface area (Å²) in [5.41, 5.74) is 1.25. The molecular weight excluding hydrogens is 329 g/mol. The van der Waals surface area contributed by atoms with E-state index in [0.717, 1.165) is 16.0 Å². The number of hydrogen-bond donors (Lipinski definition) is 1. The molecule has 2 heterocycles. The Labute approximate surface area is 141 Å². The summed E-state index contributed by atoms with van der Waals surface area (Å²) >= 11 is 1.42. The van der Waals surface area contributed by atoms with Crippen LogP contribution in [0.2, 0.25) is 0 Å². The summed E-state index contributed by atoms with van der Waals surface area (Å²) in [7, 11) is 1.52. The molecule has 1 aromatic carbocycles. The van der Waals surface area contributed by atoms with Crippen molar-refractivity contribution in [2.45, 2.75) is 20.4 Å². The number of halogens is 1. The zero-order valence-corrected chi connectivity index (χ0v) is 14.3. The third kappa shape index (κ3) is 2.71. The second kappa shape index (κ2) is 6.16. The molecule has 3 rings (SSSR count). The second-order valence-corrected chi connectivity index (χ2v) is 6.65. The Kier molecular flexibility index (Phi) is 4.19. The summed E-state index contributed by atoms with van der Waals surface area (Å²) in [5.74, 6) is -0.110. The summed E-state index contributed by atoms with van der Waals surface area (Å²) in [4.78, 5) is 30.7. The number of nitrogens with one attached hydrogen (secondary N) is 1. The summed E-state index contributed by atoms with van der Waals surface area (Å²) in [6, 6.07) is 6.02. The minimum absolute atomic E-state index is 0.0815. The number of carbonyl (C=O) groups is 1. The van der Waals surface area contributed by atoms with Crippen LogP contribution >= 0.6 is 11.3 Å². The molecule has 0 aliphatic heterocycles. The quantitative estimate of drug-likeness (QED) is 0.794. The molecule has 0 unspecified atom stereocenters. The number of likely N-dealkylation sites (N-methyl/N-ethyl adjacent to an activating group) is 1. The lowest BCUT2D eigenvalue weighted by molar-refractivity contribution is -0.121. The van der Waals surface area contributed by atoms with Gasteiger partial charge in [-0.15, -0.1) is 11.3 Å². The van der Waals surface area contributed by atoms with Gasteiger partial charge < -0.3 is 5.32 Å². The van der Waals surface area contributed by atoms with Crippen molar-refractivity contribution in [1.82, 2.24) is 14.9 Å². The van der Waals surface area contributed by atoms with Crippen molar-refractivity contribution in [3.63, 3.8) is 0 Å². The number of carbonyl (C=O) groups excluding carboxylic acids is 1. The van der Waals surface area contributed by atoms with Crippen LogP contribution in [0, 0.1) is 19.7 Å². The highest BCUT2D eigenvalue weighted by atomic mass is 32.1. The molecule has 7 heteroatoms.